The average molecular weight is 381 g/mol. The van der Waals surface area contributed by atoms with Gasteiger partial charge in [0.05, 0.1) is 35.8 Å². The first-order valence-electron chi connectivity index (χ1n) is 8.88. The second-order valence-electron chi connectivity index (χ2n) is 6.56. The van der Waals surface area contributed by atoms with E-state index in [-0.39, 0.29) is 5.82 Å². The minimum Gasteiger partial charge on any atom is -0.497 e. The Morgan fingerprint density at radius 3 is 2.57 bits per heavy atom. The minimum absolute atomic E-state index is 0.262. The maximum absolute atomic E-state index is 13.2. The zero-order chi connectivity index (χ0) is 19.7. The van der Waals surface area contributed by atoms with Gasteiger partial charge in [0.2, 0.25) is 5.88 Å². The molecule has 0 unspecified atom stereocenters. The molecule has 0 radical (unpaired) electrons. The fourth-order valence-corrected chi connectivity index (χ4v) is 3.09. The van der Waals surface area contributed by atoms with Gasteiger partial charge in [0, 0.05) is 0 Å². The first-order valence-corrected chi connectivity index (χ1v) is 8.88. The first-order chi connectivity index (χ1) is 13.5. The van der Waals surface area contributed by atoms with Crippen molar-refractivity contribution in [3.05, 3.63) is 70.9 Å². The number of aryl methyl sites for hydroxylation is 2. The Morgan fingerprint density at radius 2 is 1.89 bits per heavy atom. The molecule has 6 nitrogen and oxygen atoms in total. The molecule has 0 aliphatic carbocycles. The van der Waals surface area contributed by atoms with Crippen molar-refractivity contribution in [2.24, 2.45) is 0 Å². The van der Waals surface area contributed by atoms with Crippen molar-refractivity contribution in [1.82, 2.24) is 14.9 Å². The van der Waals surface area contributed by atoms with Crippen LogP contribution in [0.1, 0.15) is 22.6 Å². The van der Waals surface area contributed by atoms with Crippen LogP contribution in [0.3, 0.4) is 0 Å². The number of rotatable bonds is 6. The molecule has 0 N–H and O–H groups in total. The van der Waals surface area contributed by atoms with Crippen molar-refractivity contribution in [3.8, 4) is 11.6 Å². The summed E-state index contributed by atoms with van der Waals surface area (Å²) in [5.74, 6) is 1.68. The number of nitrogens with zero attached hydrogens (tertiary/aromatic N) is 3. The van der Waals surface area contributed by atoms with Crippen molar-refractivity contribution < 1.29 is 18.4 Å². The quantitative estimate of drug-likeness (QED) is 0.495. The van der Waals surface area contributed by atoms with Crippen LogP contribution in [0.2, 0.25) is 0 Å². The van der Waals surface area contributed by atoms with Crippen molar-refractivity contribution in [2.45, 2.75) is 27.0 Å². The second kappa shape index (κ2) is 7.34. The Hall–Kier alpha value is -3.35. The van der Waals surface area contributed by atoms with Gasteiger partial charge < -0.3 is 14.0 Å². The van der Waals surface area contributed by atoms with Crippen LogP contribution >= 0.6 is 0 Å². The van der Waals surface area contributed by atoms with Crippen molar-refractivity contribution in [3.63, 3.8) is 0 Å². The molecule has 0 aliphatic heterocycles. The third-order valence-electron chi connectivity index (χ3n) is 4.70. The summed E-state index contributed by atoms with van der Waals surface area (Å²) in [5.41, 5.74) is 3.55. The monoisotopic (exact) mass is 381 g/mol. The van der Waals surface area contributed by atoms with E-state index in [0.717, 1.165) is 39.2 Å². The number of hydrogen-bond acceptors (Lipinski definition) is 5. The summed E-state index contributed by atoms with van der Waals surface area (Å²) >= 11 is 0. The van der Waals surface area contributed by atoms with Crippen LogP contribution < -0.4 is 9.47 Å². The van der Waals surface area contributed by atoms with Gasteiger partial charge in [-0.3, -0.25) is 4.68 Å². The van der Waals surface area contributed by atoms with Crippen molar-refractivity contribution in [1.29, 1.82) is 0 Å². The van der Waals surface area contributed by atoms with E-state index >= 15 is 0 Å². The molecule has 144 valence electrons. The van der Waals surface area contributed by atoms with Gasteiger partial charge in [-0.25, -0.2) is 4.39 Å². The highest BCUT2D eigenvalue weighted by Gasteiger charge is 2.16. The summed E-state index contributed by atoms with van der Waals surface area (Å²) in [6.07, 6.45) is 0. The topological polar surface area (TPSA) is 62.3 Å². The molecule has 7 heteroatoms. The highest BCUT2D eigenvalue weighted by molar-refractivity contribution is 5.86. The summed E-state index contributed by atoms with van der Waals surface area (Å²) in [7, 11) is 1.62. The molecule has 0 aliphatic rings. The van der Waals surface area contributed by atoms with E-state index in [1.54, 1.807) is 19.2 Å². The smallest absolute Gasteiger partial charge is 0.241 e. The van der Waals surface area contributed by atoms with E-state index in [2.05, 4.69) is 10.3 Å². The number of benzene rings is 2. The van der Waals surface area contributed by atoms with Gasteiger partial charge in [0.25, 0.3) is 0 Å². The first kappa shape index (κ1) is 18.0. The van der Waals surface area contributed by atoms with Crippen molar-refractivity contribution in [2.75, 3.05) is 7.11 Å². The predicted molar refractivity (Wildman–Crippen MR) is 102 cm³/mol. The highest BCUT2D eigenvalue weighted by atomic mass is 19.1. The fourth-order valence-electron chi connectivity index (χ4n) is 3.09. The van der Waals surface area contributed by atoms with Crippen LogP contribution in [0.4, 0.5) is 4.39 Å². The van der Waals surface area contributed by atoms with E-state index in [1.807, 2.05) is 36.7 Å². The molecular weight excluding hydrogens is 361 g/mol. The van der Waals surface area contributed by atoms with Crippen LogP contribution in [-0.4, -0.2) is 22.0 Å². The largest absolute Gasteiger partial charge is 0.497 e. The van der Waals surface area contributed by atoms with Gasteiger partial charge in [0.15, 0.2) is 0 Å². The van der Waals surface area contributed by atoms with Crippen LogP contribution in [0, 0.1) is 19.7 Å². The number of fused-ring (bicyclic) bond motifs is 1. The lowest BCUT2D eigenvalue weighted by Crippen LogP contribution is -2.03. The number of ether oxygens (including phenoxy) is 2. The molecule has 28 heavy (non-hydrogen) atoms. The lowest BCUT2D eigenvalue weighted by Gasteiger charge is -2.04. The number of methoxy groups -OCH3 is 1. The Morgan fingerprint density at radius 1 is 1.11 bits per heavy atom. The summed E-state index contributed by atoms with van der Waals surface area (Å²) in [6.45, 7) is 4.54. The number of halogens is 1. The third kappa shape index (κ3) is 3.43. The van der Waals surface area contributed by atoms with E-state index in [1.165, 1.54) is 12.1 Å². The highest BCUT2D eigenvalue weighted by Crippen LogP contribution is 2.30. The Labute approximate surface area is 161 Å². The molecule has 2 aromatic heterocycles. The van der Waals surface area contributed by atoms with Crippen LogP contribution in [0.5, 0.6) is 11.6 Å². The molecule has 0 saturated heterocycles. The lowest BCUT2D eigenvalue weighted by molar-refractivity contribution is 0.289. The standard InChI is InChI=1S/C21H20FN3O3/c1-13-19(14(2)28-24-13)12-27-21-18-10-17(26-3)8-9-20(18)25(23-21)11-15-4-6-16(22)7-5-15/h4-10H,11-12H2,1-3H3. The molecule has 0 spiro atoms. The van der Waals surface area contributed by atoms with Crippen LogP contribution in [0.25, 0.3) is 10.9 Å². The maximum atomic E-state index is 13.2. The van der Waals surface area contributed by atoms with Crippen LogP contribution in [0.15, 0.2) is 47.0 Å². The molecule has 0 amide bonds. The van der Waals surface area contributed by atoms with Gasteiger partial charge >= 0.3 is 0 Å². The average Bonchev–Trinajstić information content (AvgIpc) is 3.21. The summed E-state index contributed by atoms with van der Waals surface area (Å²) in [5, 5.41) is 9.43. The Kier molecular flexibility index (Phi) is 4.73. The fraction of sp³-hybridized carbons (Fsp3) is 0.238. The Bertz CT molecular complexity index is 1100. The van der Waals surface area contributed by atoms with Gasteiger partial charge in [-0.1, -0.05) is 17.3 Å². The zero-order valence-corrected chi connectivity index (χ0v) is 15.9. The van der Waals surface area contributed by atoms with Gasteiger partial charge in [-0.15, -0.1) is 5.10 Å². The molecule has 0 bridgehead atoms. The minimum atomic E-state index is -0.262. The SMILES string of the molecule is COc1ccc2c(c1)c(OCc1c(C)noc1C)nn2Cc1ccc(F)cc1. The van der Waals surface area contributed by atoms with E-state index < -0.39 is 0 Å². The molecule has 4 rings (SSSR count). The van der Waals surface area contributed by atoms with Crippen molar-refractivity contribution >= 4 is 10.9 Å². The van der Waals surface area contributed by atoms with Crippen LogP contribution in [-0.2, 0) is 13.2 Å². The van der Waals surface area contributed by atoms with Gasteiger partial charge in [-0.2, -0.15) is 0 Å². The third-order valence-corrected chi connectivity index (χ3v) is 4.70. The van der Waals surface area contributed by atoms with E-state index in [4.69, 9.17) is 14.0 Å². The molecule has 2 aromatic carbocycles. The maximum Gasteiger partial charge on any atom is 0.241 e. The van der Waals surface area contributed by atoms with Gasteiger partial charge in [0.1, 0.15) is 23.9 Å². The zero-order valence-electron chi connectivity index (χ0n) is 15.9. The number of aromatic nitrogens is 3. The molecule has 2 heterocycles. The van der Waals surface area contributed by atoms with E-state index in [0.29, 0.717) is 19.0 Å². The molecule has 0 atom stereocenters. The van der Waals surface area contributed by atoms with E-state index in [9.17, 15) is 4.39 Å². The summed E-state index contributed by atoms with van der Waals surface area (Å²) < 4.78 is 31.6. The molecule has 4 aromatic rings. The number of hydrogen-bond donors (Lipinski definition) is 0. The predicted octanol–water partition coefficient (Wildman–Crippen LogP) is 4.42. The molecular formula is C21H20FN3O3. The second-order valence-corrected chi connectivity index (χ2v) is 6.56. The summed E-state index contributed by atoms with van der Waals surface area (Å²) in [6, 6.07) is 12.1. The summed E-state index contributed by atoms with van der Waals surface area (Å²) in [4.78, 5) is 0. The molecule has 0 saturated carbocycles. The van der Waals surface area contributed by atoms with Gasteiger partial charge in [-0.05, 0) is 49.7 Å². The normalized spacial score (nSPS) is 11.1. The Balaban J connectivity index is 1.69. The molecule has 0 fully saturated rings. The lowest BCUT2D eigenvalue weighted by atomic mass is 10.2.